The molecule has 1 heterocycles. The van der Waals surface area contributed by atoms with Crippen molar-refractivity contribution in [3.05, 3.63) is 11.4 Å². The molecule has 0 saturated carbocycles. The van der Waals surface area contributed by atoms with Crippen molar-refractivity contribution in [1.29, 1.82) is 0 Å². The molecule has 1 aromatic heterocycles. The third-order valence-electron chi connectivity index (χ3n) is 2.37. The van der Waals surface area contributed by atoms with Crippen molar-refractivity contribution in [3.63, 3.8) is 0 Å². The molecule has 1 amide bonds. The molecule has 0 aliphatic rings. The molecule has 1 aromatic rings. The van der Waals surface area contributed by atoms with Crippen LogP contribution < -0.4 is 5.32 Å². The number of carboxylic acids is 1. The predicted octanol–water partition coefficient (Wildman–Crippen LogP) is 1.06. The number of nitrogens with zero attached hydrogens (tertiary/aromatic N) is 3. The highest BCUT2D eigenvalue weighted by atomic mass is 16.6. The van der Waals surface area contributed by atoms with E-state index in [2.05, 4.69) is 15.6 Å². The van der Waals surface area contributed by atoms with Gasteiger partial charge in [-0.05, 0) is 27.2 Å². The van der Waals surface area contributed by atoms with Crippen LogP contribution in [-0.4, -0.2) is 44.3 Å². The lowest BCUT2D eigenvalue weighted by Gasteiger charge is -2.19. The van der Waals surface area contributed by atoms with E-state index in [0.717, 1.165) is 0 Å². The molecule has 0 radical (unpaired) electrons. The first-order chi connectivity index (χ1) is 9.24. The maximum Gasteiger partial charge on any atom is 0.407 e. The number of hydrogen-bond donors (Lipinski definition) is 2. The van der Waals surface area contributed by atoms with Gasteiger partial charge in [-0.15, -0.1) is 5.10 Å². The fourth-order valence-electron chi connectivity index (χ4n) is 1.61. The van der Waals surface area contributed by atoms with Crippen molar-refractivity contribution in [2.75, 3.05) is 6.54 Å². The summed E-state index contributed by atoms with van der Waals surface area (Å²) in [5.41, 5.74) is -0.0733. The number of carbonyl (C=O) groups excluding carboxylic acids is 1. The normalized spacial score (nSPS) is 11.2. The number of amides is 1. The molecule has 20 heavy (non-hydrogen) atoms. The Morgan fingerprint density at radius 3 is 2.55 bits per heavy atom. The first-order valence-electron chi connectivity index (χ1n) is 6.37. The Kier molecular flexibility index (Phi) is 5.06. The Hall–Kier alpha value is -2.12. The molecule has 0 fully saturated rings. The minimum atomic E-state index is -1.10. The Bertz CT molecular complexity index is 490. The Labute approximate surface area is 117 Å². The predicted molar refractivity (Wildman–Crippen MR) is 70.6 cm³/mol. The largest absolute Gasteiger partial charge is 0.476 e. The monoisotopic (exact) mass is 284 g/mol. The molecule has 8 heteroatoms. The zero-order chi connectivity index (χ0) is 15.3. The van der Waals surface area contributed by atoms with Crippen LogP contribution >= 0.6 is 0 Å². The van der Waals surface area contributed by atoms with E-state index in [9.17, 15) is 9.59 Å². The second-order valence-electron chi connectivity index (χ2n) is 5.20. The van der Waals surface area contributed by atoms with Crippen LogP contribution in [0, 0.1) is 0 Å². The lowest BCUT2D eigenvalue weighted by molar-refractivity contribution is 0.0524. The van der Waals surface area contributed by atoms with Crippen molar-refractivity contribution in [1.82, 2.24) is 20.3 Å². The molecule has 0 aliphatic carbocycles. The van der Waals surface area contributed by atoms with Gasteiger partial charge in [0.15, 0.2) is 5.69 Å². The third-order valence-corrected chi connectivity index (χ3v) is 2.37. The molecule has 8 nitrogen and oxygen atoms in total. The quantitative estimate of drug-likeness (QED) is 0.837. The van der Waals surface area contributed by atoms with Crippen LogP contribution in [0.25, 0.3) is 0 Å². The molecule has 2 N–H and O–H groups in total. The summed E-state index contributed by atoms with van der Waals surface area (Å²) in [6, 6.07) is 0. The first kappa shape index (κ1) is 15.9. The molecular weight excluding hydrogens is 264 g/mol. The van der Waals surface area contributed by atoms with Gasteiger partial charge in [0.1, 0.15) is 5.60 Å². The molecule has 112 valence electrons. The number of aromatic nitrogens is 3. The standard InChI is InChI=1S/C12H20N4O4/c1-5-8-9(10(17)18)14-15-16(8)7-6-13-11(19)20-12(2,3)4/h5-7H2,1-4H3,(H,13,19)(H,17,18). The number of ether oxygens (including phenoxy) is 1. The van der Waals surface area contributed by atoms with Crippen LogP contribution in [0.3, 0.4) is 0 Å². The van der Waals surface area contributed by atoms with E-state index >= 15 is 0 Å². The van der Waals surface area contributed by atoms with Crippen molar-refractivity contribution >= 4 is 12.1 Å². The number of alkyl carbamates (subject to hydrolysis) is 1. The number of carboxylic acid groups (broad SMARTS) is 1. The van der Waals surface area contributed by atoms with E-state index in [0.29, 0.717) is 18.7 Å². The summed E-state index contributed by atoms with van der Waals surface area (Å²) in [5.74, 6) is -1.10. The minimum absolute atomic E-state index is 0.0511. The Morgan fingerprint density at radius 2 is 2.05 bits per heavy atom. The summed E-state index contributed by atoms with van der Waals surface area (Å²) in [5, 5.41) is 18.9. The van der Waals surface area contributed by atoms with E-state index in [1.54, 1.807) is 20.8 Å². The summed E-state index contributed by atoms with van der Waals surface area (Å²) in [6.45, 7) is 7.77. The van der Waals surface area contributed by atoms with E-state index < -0.39 is 17.7 Å². The van der Waals surface area contributed by atoms with Gasteiger partial charge in [-0.1, -0.05) is 12.1 Å². The fraction of sp³-hybridized carbons (Fsp3) is 0.667. The number of carbonyl (C=O) groups is 2. The van der Waals surface area contributed by atoms with Gasteiger partial charge in [0.25, 0.3) is 0 Å². The summed E-state index contributed by atoms with van der Waals surface area (Å²) in [6.07, 6.45) is -0.0183. The van der Waals surface area contributed by atoms with Crippen LogP contribution in [0.4, 0.5) is 4.79 Å². The highest BCUT2D eigenvalue weighted by Gasteiger charge is 2.18. The number of nitrogens with one attached hydrogen (secondary N) is 1. The maximum absolute atomic E-state index is 11.4. The summed E-state index contributed by atoms with van der Waals surface area (Å²) in [7, 11) is 0. The number of hydrogen-bond acceptors (Lipinski definition) is 5. The van der Waals surface area contributed by atoms with Gasteiger partial charge >= 0.3 is 12.1 Å². The summed E-state index contributed by atoms with van der Waals surface area (Å²) >= 11 is 0. The first-order valence-corrected chi connectivity index (χ1v) is 6.37. The third kappa shape index (κ3) is 4.52. The smallest absolute Gasteiger partial charge is 0.407 e. The average molecular weight is 284 g/mol. The summed E-state index contributed by atoms with van der Waals surface area (Å²) in [4.78, 5) is 22.4. The number of rotatable bonds is 5. The lowest BCUT2D eigenvalue weighted by atomic mass is 10.2. The zero-order valence-corrected chi connectivity index (χ0v) is 12.1. The van der Waals surface area contributed by atoms with Gasteiger partial charge in [0, 0.05) is 6.54 Å². The molecule has 0 aliphatic heterocycles. The number of aromatic carboxylic acids is 1. The van der Waals surface area contributed by atoms with Gasteiger partial charge in [-0.3, -0.25) is 0 Å². The molecule has 0 unspecified atom stereocenters. The second kappa shape index (κ2) is 6.36. The van der Waals surface area contributed by atoms with Gasteiger partial charge in [0.05, 0.1) is 12.2 Å². The van der Waals surface area contributed by atoms with Gasteiger partial charge < -0.3 is 15.2 Å². The highest BCUT2D eigenvalue weighted by molar-refractivity contribution is 5.86. The van der Waals surface area contributed by atoms with E-state index in [1.807, 2.05) is 6.92 Å². The molecule has 0 bridgehead atoms. The highest BCUT2D eigenvalue weighted by Crippen LogP contribution is 2.07. The second-order valence-corrected chi connectivity index (χ2v) is 5.20. The Morgan fingerprint density at radius 1 is 1.40 bits per heavy atom. The van der Waals surface area contributed by atoms with Gasteiger partial charge in [-0.2, -0.15) is 0 Å². The van der Waals surface area contributed by atoms with E-state index in [1.165, 1.54) is 4.68 Å². The molecule has 0 atom stereocenters. The van der Waals surface area contributed by atoms with Crippen LogP contribution in [0.2, 0.25) is 0 Å². The SMILES string of the molecule is CCc1c(C(=O)O)nnn1CCNC(=O)OC(C)(C)C. The van der Waals surface area contributed by atoms with E-state index in [4.69, 9.17) is 9.84 Å². The van der Waals surface area contributed by atoms with Crippen molar-refractivity contribution < 1.29 is 19.4 Å². The van der Waals surface area contributed by atoms with Crippen LogP contribution in [0.15, 0.2) is 0 Å². The maximum atomic E-state index is 11.4. The Balaban J connectivity index is 2.55. The average Bonchev–Trinajstić information content (AvgIpc) is 2.69. The molecule has 0 aromatic carbocycles. The van der Waals surface area contributed by atoms with Crippen molar-refractivity contribution in [2.24, 2.45) is 0 Å². The molecule has 1 rings (SSSR count). The van der Waals surface area contributed by atoms with Crippen LogP contribution in [0.1, 0.15) is 43.9 Å². The summed E-state index contributed by atoms with van der Waals surface area (Å²) < 4.78 is 6.56. The zero-order valence-electron chi connectivity index (χ0n) is 12.1. The lowest BCUT2D eigenvalue weighted by Crippen LogP contribution is -2.34. The van der Waals surface area contributed by atoms with E-state index in [-0.39, 0.29) is 12.2 Å². The fourth-order valence-corrected chi connectivity index (χ4v) is 1.61. The van der Waals surface area contributed by atoms with Gasteiger partial charge in [0.2, 0.25) is 0 Å². The minimum Gasteiger partial charge on any atom is -0.476 e. The topological polar surface area (TPSA) is 106 Å². The van der Waals surface area contributed by atoms with Gasteiger partial charge in [-0.25, -0.2) is 14.3 Å². The molecule has 0 saturated heterocycles. The molecule has 0 spiro atoms. The molecular formula is C12H20N4O4. The van der Waals surface area contributed by atoms with Crippen molar-refractivity contribution in [2.45, 2.75) is 46.3 Å². The van der Waals surface area contributed by atoms with Crippen LogP contribution in [0.5, 0.6) is 0 Å². The van der Waals surface area contributed by atoms with Crippen molar-refractivity contribution in [3.8, 4) is 0 Å². The van der Waals surface area contributed by atoms with Crippen LogP contribution in [-0.2, 0) is 17.7 Å².